The van der Waals surface area contributed by atoms with Crippen molar-refractivity contribution in [2.24, 2.45) is 0 Å². The number of aromatic nitrogens is 1. The number of pyridine rings is 1. The highest BCUT2D eigenvalue weighted by Gasteiger charge is 2.16. The summed E-state index contributed by atoms with van der Waals surface area (Å²) in [5.41, 5.74) is 1.05. The minimum Gasteiger partial charge on any atom is -0.481 e. The molecule has 5 nitrogen and oxygen atoms in total. The molecule has 0 aliphatic carbocycles. The maximum absolute atomic E-state index is 12.2. The molecule has 1 fully saturated rings. The SMILES string of the molecule is C[C@@H](Oc1ccccc1)C(=O)NCc1ccnc(N2CCCC2)c1. The summed E-state index contributed by atoms with van der Waals surface area (Å²) >= 11 is 0. The van der Waals surface area contributed by atoms with Crippen LogP contribution in [-0.4, -0.2) is 30.1 Å². The first-order valence-electron chi connectivity index (χ1n) is 8.41. The Morgan fingerprint density at radius 1 is 1.25 bits per heavy atom. The van der Waals surface area contributed by atoms with Gasteiger partial charge in [0, 0.05) is 25.8 Å². The highest BCUT2D eigenvalue weighted by atomic mass is 16.5. The number of hydrogen-bond donors (Lipinski definition) is 1. The maximum Gasteiger partial charge on any atom is 0.261 e. The van der Waals surface area contributed by atoms with Crippen molar-refractivity contribution in [2.45, 2.75) is 32.4 Å². The number of nitrogens with zero attached hydrogens (tertiary/aromatic N) is 2. The molecule has 0 unspecified atom stereocenters. The highest BCUT2D eigenvalue weighted by molar-refractivity contribution is 5.80. The summed E-state index contributed by atoms with van der Waals surface area (Å²) in [7, 11) is 0. The third-order valence-electron chi connectivity index (χ3n) is 4.13. The zero-order valence-electron chi connectivity index (χ0n) is 13.9. The molecule has 1 atom stereocenters. The van der Waals surface area contributed by atoms with Crippen LogP contribution in [-0.2, 0) is 11.3 Å². The van der Waals surface area contributed by atoms with Crippen LogP contribution in [0.1, 0.15) is 25.3 Å². The molecular formula is C19H23N3O2. The zero-order chi connectivity index (χ0) is 16.8. The number of benzene rings is 1. The normalized spacial score (nSPS) is 15.1. The van der Waals surface area contributed by atoms with E-state index in [1.54, 1.807) is 13.1 Å². The van der Waals surface area contributed by atoms with Gasteiger partial charge in [-0.3, -0.25) is 4.79 Å². The molecule has 1 amide bonds. The van der Waals surface area contributed by atoms with Gasteiger partial charge < -0.3 is 15.0 Å². The van der Waals surface area contributed by atoms with Crippen LogP contribution in [0.5, 0.6) is 5.75 Å². The Bertz CT molecular complexity index is 669. The van der Waals surface area contributed by atoms with Crippen molar-refractivity contribution in [1.82, 2.24) is 10.3 Å². The number of para-hydroxylation sites is 1. The van der Waals surface area contributed by atoms with Gasteiger partial charge in [0.05, 0.1) is 0 Å². The topological polar surface area (TPSA) is 54.5 Å². The van der Waals surface area contributed by atoms with Crippen LogP contribution in [0.2, 0.25) is 0 Å². The molecule has 1 aromatic carbocycles. The van der Waals surface area contributed by atoms with E-state index in [-0.39, 0.29) is 5.91 Å². The van der Waals surface area contributed by atoms with Crippen molar-refractivity contribution in [1.29, 1.82) is 0 Å². The smallest absolute Gasteiger partial charge is 0.261 e. The lowest BCUT2D eigenvalue weighted by Crippen LogP contribution is -2.35. The Labute approximate surface area is 142 Å². The number of rotatable bonds is 6. The molecule has 0 spiro atoms. The van der Waals surface area contributed by atoms with Crippen molar-refractivity contribution in [2.75, 3.05) is 18.0 Å². The van der Waals surface area contributed by atoms with E-state index in [0.29, 0.717) is 12.3 Å². The lowest BCUT2D eigenvalue weighted by atomic mass is 10.2. The Balaban J connectivity index is 1.53. The first kappa shape index (κ1) is 16.3. The molecule has 0 radical (unpaired) electrons. The lowest BCUT2D eigenvalue weighted by molar-refractivity contribution is -0.127. The van der Waals surface area contributed by atoms with Crippen LogP contribution in [0.15, 0.2) is 48.7 Å². The Morgan fingerprint density at radius 2 is 2.00 bits per heavy atom. The van der Waals surface area contributed by atoms with Crippen molar-refractivity contribution in [3.63, 3.8) is 0 Å². The molecule has 0 saturated carbocycles. The van der Waals surface area contributed by atoms with Gasteiger partial charge >= 0.3 is 0 Å². The summed E-state index contributed by atoms with van der Waals surface area (Å²) < 4.78 is 5.64. The van der Waals surface area contributed by atoms with Crippen LogP contribution in [0.4, 0.5) is 5.82 Å². The predicted octanol–water partition coefficient (Wildman–Crippen LogP) is 2.77. The fourth-order valence-electron chi connectivity index (χ4n) is 2.78. The molecule has 2 aromatic rings. The van der Waals surface area contributed by atoms with Crippen LogP contribution >= 0.6 is 0 Å². The summed E-state index contributed by atoms with van der Waals surface area (Å²) in [5.74, 6) is 1.56. The number of anilines is 1. The second-order valence-electron chi connectivity index (χ2n) is 6.01. The largest absolute Gasteiger partial charge is 0.481 e. The van der Waals surface area contributed by atoms with Gasteiger partial charge in [-0.1, -0.05) is 18.2 Å². The average Bonchev–Trinajstić information content (AvgIpc) is 3.15. The van der Waals surface area contributed by atoms with Gasteiger partial charge in [0.15, 0.2) is 6.10 Å². The van der Waals surface area contributed by atoms with E-state index in [9.17, 15) is 4.79 Å². The lowest BCUT2D eigenvalue weighted by Gasteiger charge is -2.17. The van der Waals surface area contributed by atoms with Crippen LogP contribution < -0.4 is 15.0 Å². The number of nitrogens with one attached hydrogen (secondary N) is 1. The molecule has 5 heteroatoms. The van der Waals surface area contributed by atoms with E-state index in [2.05, 4.69) is 15.2 Å². The number of carbonyl (C=O) groups excluding carboxylic acids is 1. The quantitative estimate of drug-likeness (QED) is 0.887. The minimum atomic E-state index is -0.535. The highest BCUT2D eigenvalue weighted by Crippen LogP contribution is 2.18. The molecule has 3 rings (SSSR count). The molecule has 2 heterocycles. The molecule has 0 bridgehead atoms. The van der Waals surface area contributed by atoms with Crippen LogP contribution in [0, 0.1) is 0 Å². The van der Waals surface area contributed by atoms with Gasteiger partial charge in [-0.15, -0.1) is 0 Å². The molecule has 1 N–H and O–H groups in total. The van der Waals surface area contributed by atoms with E-state index in [1.165, 1.54) is 12.8 Å². The standard InChI is InChI=1S/C19H23N3O2/c1-15(24-17-7-3-2-4-8-17)19(23)21-14-16-9-10-20-18(13-16)22-11-5-6-12-22/h2-4,7-10,13,15H,5-6,11-12,14H2,1H3,(H,21,23)/t15-/m1/s1. The molecule has 1 saturated heterocycles. The van der Waals surface area contributed by atoms with Crippen molar-refractivity contribution in [3.8, 4) is 5.75 Å². The molecule has 1 aliphatic heterocycles. The Hall–Kier alpha value is -2.56. The van der Waals surface area contributed by atoms with Crippen molar-refractivity contribution in [3.05, 3.63) is 54.2 Å². The van der Waals surface area contributed by atoms with Gasteiger partial charge in [-0.25, -0.2) is 4.98 Å². The fraction of sp³-hybridized carbons (Fsp3) is 0.368. The van der Waals surface area contributed by atoms with Crippen molar-refractivity contribution >= 4 is 11.7 Å². The average molecular weight is 325 g/mol. The van der Waals surface area contributed by atoms with E-state index in [0.717, 1.165) is 24.5 Å². The number of hydrogen-bond acceptors (Lipinski definition) is 4. The molecule has 126 valence electrons. The van der Waals surface area contributed by atoms with Gasteiger partial charge in [0.1, 0.15) is 11.6 Å². The van der Waals surface area contributed by atoms with Gasteiger partial charge in [-0.05, 0) is 49.6 Å². The molecular weight excluding hydrogens is 302 g/mol. The summed E-state index contributed by atoms with van der Waals surface area (Å²) in [5, 5.41) is 2.93. The monoisotopic (exact) mass is 325 g/mol. The number of carbonyl (C=O) groups is 1. The second kappa shape index (κ2) is 7.81. The third-order valence-corrected chi connectivity index (χ3v) is 4.13. The fourth-order valence-corrected chi connectivity index (χ4v) is 2.78. The van der Waals surface area contributed by atoms with Gasteiger partial charge in [0.25, 0.3) is 5.91 Å². The summed E-state index contributed by atoms with van der Waals surface area (Å²) in [6, 6.07) is 13.4. The van der Waals surface area contributed by atoms with E-state index < -0.39 is 6.10 Å². The first-order chi connectivity index (χ1) is 11.7. The number of amides is 1. The Kier molecular flexibility index (Phi) is 5.31. The van der Waals surface area contributed by atoms with Gasteiger partial charge in [-0.2, -0.15) is 0 Å². The van der Waals surface area contributed by atoms with Crippen LogP contribution in [0.3, 0.4) is 0 Å². The van der Waals surface area contributed by atoms with Gasteiger partial charge in [0.2, 0.25) is 0 Å². The first-order valence-corrected chi connectivity index (χ1v) is 8.41. The number of ether oxygens (including phenoxy) is 1. The van der Waals surface area contributed by atoms with Crippen LogP contribution in [0.25, 0.3) is 0 Å². The summed E-state index contributed by atoms with van der Waals surface area (Å²) in [6.07, 6.45) is 3.71. The summed E-state index contributed by atoms with van der Waals surface area (Å²) in [4.78, 5) is 18.9. The minimum absolute atomic E-state index is 0.126. The Morgan fingerprint density at radius 3 is 2.75 bits per heavy atom. The summed E-state index contributed by atoms with van der Waals surface area (Å²) in [6.45, 7) is 4.35. The molecule has 24 heavy (non-hydrogen) atoms. The second-order valence-corrected chi connectivity index (χ2v) is 6.01. The van der Waals surface area contributed by atoms with Crippen molar-refractivity contribution < 1.29 is 9.53 Å². The van der Waals surface area contributed by atoms with E-state index in [1.807, 2.05) is 42.5 Å². The molecule has 1 aliphatic rings. The molecule has 1 aromatic heterocycles. The zero-order valence-corrected chi connectivity index (χ0v) is 13.9. The van der Waals surface area contributed by atoms with E-state index in [4.69, 9.17) is 4.74 Å². The third kappa shape index (κ3) is 4.25. The maximum atomic E-state index is 12.2. The van der Waals surface area contributed by atoms with E-state index >= 15 is 0 Å². The predicted molar refractivity (Wildman–Crippen MR) is 94.1 cm³/mol.